The molecule has 0 aromatic rings. The van der Waals surface area contributed by atoms with Crippen molar-refractivity contribution in [3.05, 3.63) is 0 Å². The third kappa shape index (κ3) is 3.69. The molecule has 0 aromatic carbocycles. The van der Waals surface area contributed by atoms with Gasteiger partial charge in [0.25, 0.3) is 0 Å². The van der Waals surface area contributed by atoms with Gasteiger partial charge in [0.2, 0.25) is 5.91 Å². The van der Waals surface area contributed by atoms with Crippen LogP contribution in [0.5, 0.6) is 0 Å². The van der Waals surface area contributed by atoms with Gasteiger partial charge in [0.15, 0.2) is 0 Å². The van der Waals surface area contributed by atoms with E-state index in [1.165, 1.54) is 0 Å². The molecular weight excluding hydrogens is 226 g/mol. The Morgan fingerprint density at radius 3 is 2.28 bits per heavy atom. The van der Waals surface area contributed by atoms with Gasteiger partial charge in [0.05, 0.1) is 6.54 Å². The topological polar surface area (TPSA) is 49.6 Å². The fourth-order valence-corrected chi connectivity index (χ4v) is 3.04. The molecule has 2 atom stereocenters. The molecule has 0 radical (unpaired) electrons. The van der Waals surface area contributed by atoms with Crippen LogP contribution in [0.4, 0.5) is 0 Å². The van der Waals surface area contributed by atoms with E-state index in [9.17, 15) is 4.79 Å². The number of carbonyl (C=O) groups excluding carboxylic acids is 1. The number of carbonyl (C=O) groups is 1. The van der Waals surface area contributed by atoms with Crippen LogP contribution in [0.2, 0.25) is 0 Å². The summed E-state index contributed by atoms with van der Waals surface area (Å²) in [7, 11) is 0. The monoisotopic (exact) mass is 255 g/mol. The van der Waals surface area contributed by atoms with E-state index < -0.39 is 0 Å². The number of hydrogen-bond acceptors (Lipinski definition) is 3. The molecule has 2 unspecified atom stereocenters. The lowest BCUT2D eigenvalue weighted by Gasteiger charge is -2.33. The Kier molecular flexibility index (Phi) is 5.60. The second-order valence-corrected chi connectivity index (χ2v) is 6.10. The molecule has 1 rings (SSSR count). The number of hydrogen-bond donors (Lipinski definition) is 1. The molecule has 4 heteroatoms. The summed E-state index contributed by atoms with van der Waals surface area (Å²) in [5, 5.41) is 0. The summed E-state index contributed by atoms with van der Waals surface area (Å²) in [5.74, 6) is 0.795. The highest BCUT2D eigenvalue weighted by atomic mass is 16.2. The van der Waals surface area contributed by atoms with Crippen molar-refractivity contribution in [1.82, 2.24) is 9.80 Å². The van der Waals surface area contributed by atoms with Gasteiger partial charge < -0.3 is 10.6 Å². The molecule has 1 amide bonds. The molecule has 1 aliphatic heterocycles. The van der Waals surface area contributed by atoms with Gasteiger partial charge in [-0.15, -0.1) is 0 Å². The van der Waals surface area contributed by atoms with Gasteiger partial charge >= 0.3 is 0 Å². The van der Waals surface area contributed by atoms with Crippen LogP contribution in [0.25, 0.3) is 0 Å². The maximum Gasteiger partial charge on any atom is 0.237 e. The molecule has 1 aliphatic rings. The maximum absolute atomic E-state index is 12.4. The van der Waals surface area contributed by atoms with Gasteiger partial charge in [-0.2, -0.15) is 0 Å². The summed E-state index contributed by atoms with van der Waals surface area (Å²) in [4.78, 5) is 16.6. The lowest BCUT2D eigenvalue weighted by molar-refractivity contribution is -0.136. The van der Waals surface area contributed by atoms with E-state index in [-0.39, 0.29) is 18.0 Å². The van der Waals surface area contributed by atoms with E-state index in [4.69, 9.17) is 5.73 Å². The summed E-state index contributed by atoms with van der Waals surface area (Å²) in [6.45, 7) is 12.7. The van der Waals surface area contributed by atoms with Gasteiger partial charge in [0.1, 0.15) is 0 Å². The van der Waals surface area contributed by atoms with E-state index in [1.807, 2.05) is 4.90 Å². The number of likely N-dealkylation sites (tertiary alicyclic amines) is 1. The zero-order valence-electron chi connectivity index (χ0n) is 12.5. The molecular formula is C14H29N3O. The molecule has 4 nitrogen and oxygen atoms in total. The first-order valence-electron chi connectivity index (χ1n) is 7.12. The number of nitrogens with zero attached hydrogens (tertiary/aromatic N) is 2. The van der Waals surface area contributed by atoms with Crippen molar-refractivity contribution in [2.75, 3.05) is 19.6 Å². The highest BCUT2D eigenvalue weighted by Gasteiger charge is 2.31. The van der Waals surface area contributed by atoms with Crippen molar-refractivity contribution in [1.29, 1.82) is 0 Å². The molecule has 2 N–H and O–H groups in total. The zero-order chi connectivity index (χ0) is 13.9. The normalized spacial score (nSPS) is 25.1. The third-order valence-corrected chi connectivity index (χ3v) is 3.86. The van der Waals surface area contributed by atoms with Crippen LogP contribution in [0, 0.1) is 5.92 Å². The first kappa shape index (κ1) is 15.4. The van der Waals surface area contributed by atoms with Crippen molar-refractivity contribution >= 4 is 5.91 Å². The van der Waals surface area contributed by atoms with Gasteiger partial charge in [-0.3, -0.25) is 9.69 Å². The van der Waals surface area contributed by atoms with E-state index >= 15 is 0 Å². The quantitative estimate of drug-likeness (QED) is 0.805. The van der Waals surface area contributed by atoms with Crippen LogP contribution < -0.4 is 5.73 Å². The summed E-state index contributed by atoms with van der Waals surface area (Å²) in [6.07, 6.45) is 1.12. The predicted molar refractivity (Wildman–Crippen MR) is 75.3 cm³/mol. The average Bonchev–Trinajstić information content (AvgIpc) is 2.58. The highest BCUT2D eigenvalue weighted by molar-refractivity contribution is 5.79. The van der Waals surface area contributed by atoms with Crippen LogP contribution in [-0.4, -0.2) is 53.5 Å². The molecule has 0 saturated carbocycles. The first-order valence-corrected chi connectivity index (χ1v) is 7.12. The van der Waals surface area contributed by atoms with Crippen molar-refractivity contribution < 1.29 is 4.79 Å². The smallest absolute Gasteiger partial charge is 0.237 e. The number of rotatable bonds is 5. The molecule has 0 aromatic heterocycles. The van der Waals surface area contributed by atoms with E-state index in [0.717, 1.165) is 19.5 Å². The Hall–Kier alpha value is -0.610. The highest BCUT2D eigenvalue weighted by Crippen LogP contribution is 2.22. The fourth-order valence-electron chi connectivity index (χ4n) is 3.04. The van der Waals surface area contributed by atoms with Crippen molar-refractivity contribution in [2.45, 2.75) is 59.2 Å². The average molecular weight is 255 g/mol. The maximum atomic E-state index is 12.4. The number of nitrogens with two attached hydrogens (primary N) is 1. The SMILES string of the molecule is CC1CC(CN)CN1CC(=O)N(C(C)C)C(C)C. The van der Waals surface area contributed by atoms with Gasteiger partial charge in [-0.1, -0.05) is 0 Å². The van der Waals surface area contributed by atoms with Crippen LogP contribution in [0.3, 0.4) is 0 Å². The minimum absolute atomic E-state index is 0.240. The van der Waals surface area contributed by atoms with Gasteiger partial charge in [-0.25, -0.2) is 0 Å². The minimum atomic E-state index is 0.240. The lowest BCUT2D eigenvalue weighted by atomic mass is 10.1. The molecule has 0 bridgehead atoms. The van der Waals surface area contributed by atoms with Crippen LogP contribution >= 0.6 is 0 Å². The largest absolute Gasteiger partial charge is 0.337 e. The predicted octanol–water partition coefficient (Wildman–Crippen LogP) is 1.30. The molecule has 18 heavy (non-hydrogen) atoms. The first-order chi connectivity index (χ1) is 8.36. The van der Waals surface area contributed by atoms with Crippen molar-refractivity contribution in [3.63, 3.8) is 0 Å². The minimum Gasteiger partial charge on any atom is -0.337 e. The fraction of sp³-hybridized carbons (Fsp3) is 0.929. The Bertz CT molecular complexity index is 270. The van der Waals surface area contributed by atoms with Gasteiger partial charge in [0, 0.05) is 24.7 Å². The summed E-state index contributed by atoms with van der Waals surface area (Å²) in [5.41, 5.74) is 5.72. The summed E-state index contributed by atoms with van der Waals surface area (Å²) < 4.78 is 0. The van der Waals surface area contributed by atoms with E-state index in [0.29, 0.717) is 18.5 Å². The summed E-state index contributed by atoms with van der Waals surface area (Å²) in [6, 6.07) is 1.00. The zero-order valence-corrected chi connectivity index (χ0v) is 12.5. The Morgan fingerprint density at radius 2 is 1.89 bits per heavy atom. The van der Waals surface area contributed by atoms with Crippen LogP contribution in [-0.2, 0) is 4.79 Å². The van der Waals surface area contributed by atoms with Crippen molar-refractivity contribution in [3.8, 4) is 0 Å². The second-order valence-electron chi connectivity index (χ2n) is 6.10. The Morgan fingerprint density at radius 1 is 1.33 bits per heavy atom. The van der Waals surface area contributed by atoms with Crippen molar-refractivity contribution in [2.24, 2.45) is 11.7 Å². The second kappa shape index (κ2) is 6.53. The Labute approximate surface area is 111 Å². The van der Waals surface area contributed by atoms with Crippen LogP contribution in [0.1, 0.15) is 41.0 Å². The molecule has 1 saturated heterocycles. The van der Waals surface area contributed by atoms with E-state index in [2.05, 4.69) is 39.5 Å². The standard InChI is InChI=1S/C14H29N3O/c1-10(2)17(11(3)4)14(18)9-16-8-13(7-15)6-12(16)5/h10-13H,6-9,15H2,1-5H3. The lowest BCUT2D eigenvalue weighted by Crippen LogP contribution is -2.47. The molecule has 106 valence electrons. The molecule has 1 fully saturated rings. The summed E-state index contributed by atoms with van der Waals surface area (Å²) >= 11 is 0. The third-order valence-electron chi connectivity index (χ3n) is 3.86. The van der Waals surface area contributed by atoms with Crippen LogP contribution in [0.15, 0.2) is 0 Å². The van der Waals surface area contributed by atoms with E-state index in [1.54, 1.807) is 0 Å². The molecule has 0 spiro atoms. The molecule has 0 aliphatic carbocycles. The Balaban J connectivity index is 2.58. The number of amides is 1. The van der Waals surface area contributed by atoms with Gasteiger partial charge in [-0.05, 0) is 53.5 Å². The molecule has 1 heterocycles.